The highest BCUT2D eigenvalue weighted by molar-refractivity contribution is 5.93. The molecule has 3 nitrogen and oxygen atoms in total. The molecular formula is C11H22N2O. The summed E-state index contributed by atoms with van der Waals surface area (Å²) in [6, 6.07) is -0.0397. The van der Waals surface area contributed by atoms with E-state index in [0.717, 1.165) is 19.4 Å². The van der Waals surface area contributed by atoms with E-state index >= 15 is 0 Å². The molecule has 0 saturated carbocycles. The van der Waals surface area contributed by atoms with Gasteiger partial charge in [-0.3, -0.25) is 4.79 Å². The zero-order valence-electron chi connectivity index (χ0n) is 9.31. The van der Waals surface area contributed by atoms with Gasteiger partial charge < -0.3 is 10.6 Å². The van der Waals surface area contributed by atoms with Crippen molar-refractivity contribution in [3.8, 4) is 0 Å². The molecule has 1 unspecified atom stereocenters. The average Bonchev–Trinajstić information content (AvgIpc) is 2.22. The molecule has 0 aliphatic rings. The molecule has 0 bridgehead atoms. The number of likely N-dealkylation sites (N-methyl/N-ethyl adjacent to an activating group) is 1. The van der Waals surface area contributed by atoms with Crippen LogP contribution in [0, 0.1) is 0 Å². The van der Waals surface area contributed by atoms with Crippen molar-refractivity contribution in [1.82, 2.24) is 10.6 Å². The number of ketones is 1. The van der Waals surface area contributed by atoms with Crippen molar-refractivity contribution in [2.45, 2.75) is 31.7 Å². The number of unbranched alkanes of at least 4 members (excludes halogenated alkanes) is 2. The molecule has 0 fully saturated rings. The molecule has 0 aromatic carbocycles. The van der Waals surface area contributed by atoms with E-state index in [4.69, 9.17) is 0 Å². The number of carbonyl (C=O) groups excluding carboxylic acids is 1. The van der Waals surface area contributed by atoms with Gasteiger partial charge in [0, 0.05) is 0 Å². The highest BCUT2D eigenvalue weighted by Gasteiger charge is 2.11. The molecule has 0 aromatic heterocycles. The van der Waals surface area contributed by atoms with Crippen LogP contribution in [0.15, 0.2) is 12.7 Å². The van der Waals surface area contributed by atoms with Crippen LogP contribution in [0.25, 0.3) is 0 Å². The number of rotatable bonds is 9. The first-order valence-electron chi connectivity index (χ1n) is 5.24. The van der Waals surface area contributed by atoms with Crippen LogP contribution in [0.3, 0.4) is 0 Å². The van der Waals surface area contributed by atoms with Gasteiger partial charge in [-0.1, -0.05) is 19.4 Å². The Hall–Kier alpha value is -0.670. The number of carbonyl (C=O) groups is 1. The van der Waals surface area contributed by atoms with Crippen molar-refractivity contribution < 1.29 is 4.79 Å². The Morgan fingerprint density at radius 1 is 1.36 bits per heavy atom. The summed E-state index contributed by atoms with van der Waals surface area (Å²) in [6.45, 7) is 4.54. The van der Waals surface area contributed by atoms with Crippen LogP contribution in [0.2, 0.25) is 0 Å². The second-order valence-corrected chi connectivity index (χ2v) is 3.40. The first kappa shape index (κ1) is 13.3. The molecule has 82 valence electrons. The van der Waals surface area contributed by atoms with E-state index in [1.54, 1.807) is 0 Å². The normalized spacial score (nSPS) is 12.4. The molecule has 0 heterocycles. The lowest BCUT2D eigenvalue weighted by atomic mass is 10.0. The molecule has 0 saturated heterocycles. The van der Waals surface area contributed by atoms with Crippen molar-refractivity contribution in [3.05, 3.63) is 12.7 Å². The standard InChI is InChI=1S/C11H22N2O/c1-4-11(14)10(13-3)8-6-5-7-9-12-2/h4,10,12-13H,1,5-9H2,2-3H3. The van der Waals surface area contributed by atoms with Gasteiger partial charge in [0.15, 0.2) is 5.78 Å². The molecule has 0 aliphatic heterocycles. The molecular weight excluding hydrogens is 176 g/mol. The van der Waals surface area contributed by atoms with Crippen LogP contribution in [0.4, 0.5) is 0 Å². The molecule has 0 spiro atoms. The minimum absolute atomic E-state index is 0.0397. The number of nitrogens with one attached hydrogen (secondary N) is 2. The van der Waals surface area contributed by atoms with Crippen molar-refractivity contribution in [2.24, 2.45) is 0 Å². The average molecular weight is 198 g/mol. The van der Waals surface area contributed by atoms with Gasteiger partial charge in [-0.25, -0.2) is 0 Å². The van der Waals surface area contributed by atoms with Gasteiger partial charge in [-0.15, -0.1) is 0 Å². The van der Waals surface area contributed by atoms with E-state index < -0.39 is 0 Å². The molecule has 0 rings (SSSR count). The maximum atomic E-state index is 11.3. The maximum Gasteiger partial charge on any atom is 0.171 e. The fourth-order valence-electron chi connectivity index (χ4n) is 1.40. The third-order valence-corrected chi connectivity index (χ3v) is 2.31. The topological polar surface area (TPSA) is 41.1 Å². The van der Waals surface area contributed by atoms with E-state index in [0.29, 0.717) is 0 Å². The number of hydrogen-bond donors (Lipinski definition) is 2. The Labute approximate surface area is 87.0 Å². The Bertz CT molecular complexity index is 169. The fourth-order valence-corrected chi connectivity index (χ4v) is 1.40. The van der Waals surface area contributed by atoms with Crippen LogP contribution < -0.4 is 10.6 Å². The van der Waals surface area contributed by atoms with Gasteiger partial charge in [-0.05, 0) is 39.6 Å². The second kappa shape index (κ2) is 8.91. The second-order valence-electron chi connectivity index (χ2n) is 3.40. The van der Waals surface area contributed by atoms with Gasteiger partial charge in [0.05, 0.1) is 6.04 Å². The molecule has 0 amide bonds. The van der Waals surface area contributed by atoms with Crippen LogP contribution in [0.5, 0.6) is 0 Å². The molecule has 0 radical (unpaired) electrons. The summed E-state index contributed by atoms with van der Waals surface area (Å²) in [6.07, 6.45) is 5.74. The Morgan fingerprint density at radius 2 is 2.07 bits per heavy atom. The molecule has 3 heteroatoms. The predicted molar refractivity (Wildman–Crippen MR) is 60.4 cm³/mol. The molecule has 1 atom stereocenters. The monoisotopic (exact) mass is 198 g/mol. The first-order chi connectivity index (χ1) is 6.76. The third kappa shape index (κ3) is 5.89. The Balaban J connectivity index is 3.52. The smallest absolute Gasteiger partial charge is 0.171 e. The van der Waals surface area contributed by atoms with E-state index in [-0.39, 0.29) is 11.8 Å². The predicted octanol–water partition coefficient (Wildman–Crippen LogP) is 1.11. The van der Waals surface area contributed by atoms with E-state index in [1.807, 2.05) is 14.1 Å². The lowest BCUT2D eigenvalue weighted by Gasteiger charge is -2.12. The van der Waals surface area contributed by atoms with Crippen LogP contribution in [-0.2, 0) is 4.79 Å². The van der Waals surface area contributed by atoms with Crippen molar-refractivity contribution in [3.63, 3.8) is 0 Å². The summed E-state index contributed by atoms with van der Waals surface area (Å²) in [7, 11) is 3.78. The maximum absolute atomic E-state index is 11.3. The highest BCUT2D eigenvalue weighted by atomic mass is 16.1. The molecule has 14 heavy (non-hydrogen) atoms. The van der Waals surface area contributed by atoms with Crippen molar-refractivity contribution in [2.75, 3.05) is 20.6 Å². The molecule has 0 aromatic rings. The van der Waals surface area contributed by atoms with Gasteiger partial charge in [0.25, 0.3) is 0 Å². The lowest BCUT2D eigenvalue weighted by Crippen LogP contribution is -2.32. The van der Waals surface area contributed by atoms with Crippen LogP contribution >= 0.6 is 0 Å². The molecule has 2 N–H and O–H groups in total. The van der Waals surface area contributed by atoms with Gasteiger partial charge in [-0.2, -0.15) is 0 Å². The quantitative estimate of drug-likeness (QED) is 0.431. The first-order valence-corrected chi connectivity index (χ1v) is 5.24. The summed E-state index contributed by atoms with van der Waals surface area (Å²) in [5, 5.41) is 6.11. The van der Waals surface area contributed by atoms with Gasteiger partial charge in [0.2, 0.25) is 0 Å². The zero-order valence-corrected chi connectivity index (χ0v) is 9.31. The van der Waals surface area contributed by atoms with Crippen molar-refractivity contribution >= 4 is 5.78 Å². The highest BCUT2D eigenvalue weighted by Crippen LogP contribution is 2.04. The van der Waals surface area contributed by atoms with Crippen molar-refractivity contribution in [1.29, 1.82) is 0 Å². The summed E-state index contributed by atoms with van der Waals surface area (Å²) in [4.78, 5) is 11.3. The van der Waals surface area contributed by atoms with Gasteiger partial charge >= 0.3 is 0 Å². The SMILES string of the molecule is C=CC(=O)C(CCCCCNC)NC. The van der Waals surface area contributed by atoms with E-state index in [2.05, 4.69) is 17.2 Å². The number of hydrogen-bond acceptors (Lipinski definition) is 3. The van der Waals surface area contributed by atoms with Crippen LogP contribution in [0.1, 0.15) is 25.7 Å². The summed E-state index contributed by atoms with van der Waals surface area (Å²) >= 11 is 0. The summed E-state index contributed by atoms with van der Waals surface area (Å²) in [5.74, 6) is 0.0983. The Kier molecular flexibility index (Phi) is 8.48. The Morgan fingerprint density at radius 3 is 2.57 bits per heavy atom. The van der Waals surface area contributed by atoms with E-state index in [9.17, 15) is 4.79 Å². The third-order valence-electron chi connectivity index (χ3n) is 2.31. The zero-order chi connectivity index (χ0) is 10.8. The largest absolute Gasteiger partial charge is 0.320 e. The summed E-state index contributed by atoms with van der Waals surface area (Å²) < 4.78 is 0. The minimum Gasteiger partial charge on any atom is -0.320 e. The fraction of sp³-hybridized carbons (Fsp3) is 0.727. The van der Waals surface area contributed by atoms with Crippen LogP contribution in [-0.4, -0.2) is 32.5 Å². The lowest BCUT2D eigenvalue weighted by molar-refractivity contribution is -0.116. The van der Waals surface area contributed by atoms with E-state index in [1.165, 1.54) is 18.9 Å². The minimum atomic E-state index is -0.0397. The van der Waals surface area contributed by atoms with Gasteiger partial charge in [0.1, 0.15) is 0 Å². The molecule has 0 aliphatic carbocycles. The summed E-state index contributed by atoms with van der Waals surface area (Å²) in [5.41, 5.74) is 0.